The summed E-state index contributed by atoms with van der Waals surface area (Å²) in [4.78, 5) is 29.0. The van der Waals surface area contributed by atoms with Crippen molar-refractivity contribution in [2.75, 3.05) is 4.90 Å². The third-order valence-electron chi connectivity index (χ3n) is 6.22. The molecule has 33 heavy (non-hydrogen) atoms. The van der Waals surface area contributed by atoms with Crippen molar-refractivity contribution in [3.05, 3.63) is 87.9 Å². The van der Waals surface area contributed by atoms with Crippen molar-refractivity contribution in [2.45, 2.75) is 57.5 Å². The van der Waals surface area contributed by atoms with E-state index >= 15 is 0 Å². The van der Waals surface area contributed by atoms with E-state index in [1.165, 1.54) is 29.9 Å². The van der Waals surface area contributed by atoms with Crippen molar-refractivity contribution < 1.29 is 14.0 Å². The number of nitrogens with zero attached hydrogens (tertiary/aromatic N) is 1. The van der Waals surface area contributed by atoms with E-state index in [-0.39, 0.29) is 30.1 Å². The molecule has 0 radical (unpaired) electrons. The molecular weight excluding hydrogens is 435 g/mol. The maximum atomic E-state index is 13.7. The molecule has 1 atom stereocenters. The van der Waals surface area contributed by atoms with Crippen LogP contribution in [0.3, 0.4) is 0 Å². The number of benzene rings is 2. The molecule has 1 aliphatic carbocycles. The Morgan fingerprint density at radius 3 is 2.45 bits per heavy atom. The molecule has 1 aromatic heterocycles. The van der Waals surface area contributed by atoms with Crippen LogP contribution < -0.4 is 10.2 Å². The minimum Gasteiger partial charge on any atom is -0.351 e. The summed E-state index contributed by atoms with van der Waals surface area (Å²) in [7, 11) is 0. The van der Waals surface area contributed by atoms with Gasteiger partial charge in [0.1, 0.15) is 11.9 Å². The number of thiophene rings is 1. The summed E-state index contributed by atoms with van der Waals surface area (Å²) in [6.45, 7) is 1.93. The van der Waals surface area contributed by atoms with Gasteiger partial charge in [-0.2, -0.15) is 11.3 Å². The number of carbonyl (C=O) groups is 2. The highest BCUT2D eigenvalue weighted by Crippen LogP contribution is 2.32. The second-order valence-electron chi connectivity index (χ2n) is 8.66. The number of hydrogen-bond acceptors (Lipinski definition) is 3. The Morgan fingerprint density at radius 2 is 1.79 bits per heavy atom. The minimum absolute atomic E-state index is 0.0971. The molecule has 0 bridgehead atoms. The van der Waals surface area contributed by atoms with Crippen LogP contribution >= 0.6 is 11.3 Å². The highest BCUT2D eigenvalue weighted by Gasteiger charge is 2.34. The Bertz CT molecular complexity index is 1080. The van der Waals surface area contributed by atoms with Gasteiger partial charge in [0, 0.05) is 11.7 Å². The summed E-state index contributed by atoms with van der Waals surface area (Å²) < 4.78 is 13.7. The van der Waals surface area contributed by atoms with E-state index in [1.54, 1.807) is 17.0 Å². The summed E-state index contributed by atoms with van der Waals surface area (Å²) >= 11 is 1.54. The molecule has 2 amide bonds. The third-order valence-corrected chi connectivity index (χ3v) is 6.96. The van der Waals surface area contributed by atoms with Crippen LogP contribution in [0.2, 0.25) is 0 Å². The predicted molar refractivity (Wildman–Crippen MR) is 131 cm³/mol. The fourth-order valence-corrected chi connectivity index (χ4v) is 5.16. The van der Waals surface area contributed by atoms with E-state index in [0.29, 0.717) is 11.3 Å². The molecule has 0 unspecified atom stereocenters. The Hall–Kier alpha value is -2.99. The zero-order valence-electron chi connectivity index (χ0n) is 18.8. The average molecular weight is 465 g/mol. The van der Waals surface area contributed by atoms with Crippen LogP contribution in [0.15, 0.2) is 65.4 Å². The van der Waals surface area contributed by atoms with Crippen molar-refractivity contribution in [3.8, 4) is 0 Å². The standard InChI is InChI=1S/C27H29FN2O2S/c1-19-7-5-6-10-24(19)30(25(31)17-20-15-16-33-18-20)26(21-11-13-22(28)14-12-21)27(32)29-23-8-3-2-4-9-23/h5-7,10-16,18,23,26H,2-4,8-9,17H2,1H3,(H,29,32)/t26-/m1/s1. The molecule has 1 saturated carbocycles. The van der Waals surface area contributed by atoms with Crippen LogP contribution in [0.4, 0.5) is 10.1 Å². The Labute approximate surface area is 198 Å². The number of anilines is 1. The molecule has 1 aliphatic rings. The number of hydrogen-bond donors (Lipinski definition) is 1. The first-order valence-corrected chi connectivity index (χ1v) is 12.4. The average Bonchev–Trinajstić information content (AvgIpc) is 3.32. The topological polar surface area (TPSA) is 49.4 Å². The summed E-state index contributed by atoms with van der Waals surface area (Å²) in [5, 5.41) is 7.08. The van der Waals surface area contributed by atoms with E-state index in [1.807, 2.05) is 48.0 Å². The fourth-order valence-electron chi connectivity index (χ4n) is 4.49. The number of rotatable bonds is 7. The molecule has 3 aromatic rings. The molecule has 1 heterocycles. The lowest BCUT2D eigenvalue weighted by Crippen LogP contribution is -2.48. The number of aryl methyl sites for hydroxylation is 1. The van der Waals surface area contributed by atoms with Crippen molar-refractivity contribution in [1.82, 2.24) is 5.32 Å². The van der Waals surface area contributed by atoms with Crippen LogP contribution in [-0.4, -0.2) is 17.9 Å². The molecule has 172 valence electrons. The molecule has 4 rings (SSSR count). The van der Waals surface area contributed by atoms with Crippen LogP contribution in [0.1, 0.15) is 54.8 Å². The zero-order valence-corrected chi connectivity index (χ0v) is 19.6. The summed E-state index contributed by atoms with van der Waals surface area (Å²) in [5.41, 5.74) is 3.08. The highest BCUT2D eigenvalue weighted by atomic mass is 32.1. The summed E-state index contributed by atoms with van der Waals surface area (Å²) in [6, 6.07) is 14.6. The van der Waals surface area contributed by atoms with Gasteiger partial charge in [-0.25, -0.2) is 4.39 Å². The van der Waals surface area contributed by atoms with Gasteiger partial charge < -0.3 is 5.32 Å². The lowest BCUT2D eigenvalue weighted by atomic mass is 9.94. The Morgan fingerprint density at radius 1 is 1.06 bits per heavy atom. The number of nitrogens with one attached hydrogen (secondary N) is 1. The zero-order chi connectivity index (χ0) is 23.2. The van der Waals surface area contributed by atoms with Crippen LogP contribution in [-0.2, 0) is 16.0 Å². The van der Waals surface area contributed by atoms with Gasteiger partial charge in [0.2, 0.25) is 11.8 Å². The number of amides is 2. The van der Waals surface area contributed by atoms with Gasteiger partial charge in [0.25, 0.3) is 0 Å². The normalized spacial score (nSPS) is 15.1. The molecule has 1 N–H and O–H groups in total. The maximum absolute atomic E-state index is 13.7. The smallest absolute Gasteiger partial charge is 0.248 e. The van der Waals surface area contributed by atoms with Crippen LogP contribution in [0.5, 0.6) is 0 Å². The number of carbonyl (C=O) groups excluding carboxylic acids is 2. The minimum atomic E-state index is -0.889. The van der Waals surface area contributed by atoms with E-state index in [9.17, 15) is 14.0 Å². The van der Waals surface area contributed by atoms with Crippen molar-refractivity contribution in [2.24, 2.45) is 0 Å². The molecule has 0 aliphatic heterocycles. The second kappa shape index (κ2) is 10.8. The molecule has 1 fully saturated rings. The lowest BCUT2D eigenvalue weighted by molar-refractivity contribution is -0.127. The van der Waals surface area contributed by atoms with E-state index in [4.69, 9.17) is 0 Å². The third kappa shape index (κ3) is 5.69. The van der Waals surface area contributed by atoms with Gasteiger partial charge in [-0.1, -0.05) is 49.6 Å². The Kier molecular flexibility index (Phi) is 7.55. The van der Waals surface area contributed by atoms with Crippen molar-refractivity contribution >= 4 is 28.8 Å². The molecule has 0 spiro atoms. The predicted octanol–water partition coefficient (Wildman–Crippen LogP) is 5.96. The van der Waals surface area contributed by atoms with Gasteiger partial charge in [-0.3, -0.25) is 14.5 Å². The first kappa shape index (κ1) is 23.2. The molecule has 4 nitrogen and oxygen atoms in total. The first-order chi connectivity index (χ1) is 16.0. The molecule has 0 saturated heterocycles. The van der Waals surface area contributed by atoms with Crippen molar-refractivity contribution in [1.29, 1.82) is 0 Å². The molecule has 2 aromatic carbocycles. The van der Waals surface area contributed by atoms with Gasteiger partial charge in [0.15, 0.2) is 0 Å². The lowest BCUT2D eigenvalue weighted by Gasteiger charge is -2.34. The number of halogens is 1. The van der Waals surface area contributed by atoms with E-state index < -0.39 is 6.04 Å². The van der Waals surface area contributed by atoms with E-state index in [2.05, 4.69) is 5.32 Å². The highest BCUT2D eigenvalue weighted by molar-refractivity contribution is 7.08. The number of para-hydroxylation sites is 1. The van der Waals surface area contributed by atoms with Gasteiger partial charge in [-0.15, -0.1) is 0 Å². The SMILES string of the molecule is Cc1ccccc1N(C(=O)Cc1ccsc1)[C@@H](C(=O)NC1CCCCC1)c1ccc(F)cc1. The van der Waals surface area contributed by atoms with Crippen LogP contribution in [0, 0.1) is 12.7 Å². The quantitative estimate of drug-likeness (QED) is 0.469. The maximum Gasteiger partial charge on any atom is 0.248 e. The monoisotopic (exact) mass is 464 g/mol. The van der Waals surface area contributed by atoms with Gasteiger partial charge in [-0.05, 0) is 71.5 Å². The van der Waals surface area contributed by atoms with Crippen LogP contribution in [0.25, 0.3) is 0 Å². The molecular formula is C27H29FN2O2S. The van der Waals surface area contributed by atoms with Gasteiger partial charge >= 0.3 is 0 Å². The van der Waals surface area contributed by atoms with Crippen molar-refractivity contribution in [3.63, 3.8) is 0 Å². The summed E-state index contributed by atoms with van der Waals surface area (Å²) in [5.74, 6) is -0.775. The Balaban J connectivity index is 1.75. The van der Waals surface area contributed by atoms with Gasteiger partial charge in [0.05, 0.1) is 6.42 Å². The summed E-state index contributed by atoms with van der Waals surface area (Å²) in [6.07, 6.45) is 5.42. The first-order valence-electron chi connectivity index (χ1n) is 11.5. The molecule has 6 heteroatoms. The second-order valence-corrected chi connectivity index (χ2v) is 9.44. The largest absolute Gasteiger partial charge is 0.351 e. The van der Waals surface area contributed by atoms with E-state index in [0.717, 1.165) is 36.8 Å². The fraction of sp³-hybridized carbons (Fsp3) is 0.333.